The van der Waals surface area contributed by atoms with Gasteiger partial charge in [-0.1, -0.05) is 60.7 Å². The molecule has 6 nitrogen and oxygen atoms in total. The van der Waals surface area contributed by atoms with E-state index >= 15 is 0 Å². The Hall–Kier alpha value is -3.38. The zero-order valence-corrected chi connectivity index (χ0v) is 19.7. The van der Waals surface area contributed by atoms with Crippen molar-refractivity contribution in [2.45, 2.75) is 24.8 Å². The van der Waals surface area contributed by atoms with Crippen LogP contribution in [0.2, 0.25) is 0 Å². The number of piperidine rings is 1. The van der Waals surface area contributed by atoms with Crippen LogP contribution in [0.1, 0.15) is 18.4 Å². The summed E-state index contributed by atoms with van der Waals surface area (Å²) in [6.45, 7) is 3.08. The lowest BCUT2D eigenvalue weighted by molar-refractivity contribution is -0.146. The van der Waals surface area contributed by atoms with Crippen molar-refractivity contribution < 1.29 is 14.3 Å². The molecule has 3 aromatic rings. The first-order chi connectivity index (χ1) is 16.6. The minimum atomic E-state index is -0.606. The average molecular weight is 458 g/mol. The van der Waals surface area contributed by atoms with Crippen LogP contribution in [0.5, 0.6) is 0 Å². The molecule has 34 heavy (non-hydrogen) atoms. The van der Waals surface area contributed by atoms with Crippen molar-refractivity contribution in [2.24, 2.45) is 0 Å². The molecule has 176 valence electrons. The first-order valence-electron chi connectivity index (χ1n) is 12.0. The molecule has 2 heterocycles. The number of hydrogen-bond donors (Lipinski definition) is 0. The molecule has 0 unspecified atom stereocenters. The SMILES string of the molecule is COC(=O)CN1CN(c2ccccc2)C2(CCN(CCc3cccc4ccccc34)CC2)C1=O. The largest absolute Gasteiger partial charge is 0.468 e. The summed E-state index contributed by atoms with van der Waals surface area (Å²) in [4.78, 5) is 31.9. The molecule has 0 aromatic heterocycles. The van der Waals surface area contributed by atoms with E-state index in [9.17, 15) is 9.59 Å². The van der Waals surface area contributed by atoms with E-state index in [1.165, 1.54) is 23.4 Å². The fourth-order valence-electron chi connectivity index (χ4n) is 5.48. The molecule has 5 rings (SSSR count). The van der Waals surface area contributed by atoms with Crippen LogP contribution in [0.25, 0.3) is 10.8 Å². The highest BCUT2D eigenvalue weighted by Gasteiger charge is 2.53. The van der Waals surface area contributed by atoms with E-state index in [4.69, 9.17) is 4.74 Å². The number of rotatable bonds is 6. The molecule has 0 bridgehead atoms. The zero-order chi connectivity index (χ0) is 23.5. The smallest absolute Gasteiger partial charge is 0.325 e. The predicted octanol–water partition coefficient (Wildman–Crippen LogP) is 3.70. The maximum Gasteiger partial charge on any atom is 0.325 e. The van der Waals surface area contributed by atoms with Gasteiger partial charge in [-0.2, -0.15) is 0 Å². The lowest BCUT2D eigenvalue weighted by Crippen LogP contribution is -2.56. The number of fused-ring (bicyclic) bond motifs is 1. The summed E-state index contributed by atoms with van der Waals surface area (Å²) >= 11 is 0. The van der Waals surface area contributed by atoms with Crippen molar-refractivity contribution in [1.82, 2.24) is 9.80 Å². The summed E-state index contributed by atoms with van der Waals surface area (Å²) in [5.41, 5.74) is 1.78. The molecule has 2 aliphatic heterocycles. The molecule has 0 radical (unpaired) electrons. The van der Waals surface area contributed by atoms with Gasteiger partial charge in [-0.15, -0.1) is 0 Å². The molecular formula is C28H31N3O3. The number of para-hydroxylation sites is 1. The van der Waals surface area contributed by atoms with E-state index < -0.39 is 5.54 Å². The number of carbonyl (C=O) groups is 2. The molecule has 0 saturated carbocycles. The summed E-state index contributed by atoms with van der Waals surface area (Å²) in [5, 5.41) is 2.59. The molecule has 2 fully saturated rings. The quantitative estimate of drug-likeness (QED) is 0.529. The third kappa shape index (κ3) is 4.14. The Morgan fingerprint density at radius 1 is 0.941 bits per heavy atom. The monoisotopic (exact) mass is 457 g/mol. The Morgan fingerprint density at radius 3 is 2.41 bits per heavy atom. The molecule has 3 aromatic carbocycles. The average Bonchev–Trinajstić information content (AvgIpc) is 3.15. The second kappa shape index (κ2) is 9.47. The van der Waals surface area contributed by atoms with Crippen LogP contribution in [0.15, 0.2) is 72.8 Å². The molecule has 0 N–H and O–H groups in total. The van der Waals surface area contributed by atoms with Gasteiger partial charge in [0, 0.05) is 25.3 Å². The number of hydrogen-bond acceptors (Lipinski definition) is 5. The number of nitrogens with zero attached hydrogens (tertiary/aromatic N) is 3. The van der Waals surface area contributed by atoms with Crippen molar-refractivity contribution in [3.05, 3.63) is 78.4 Å². The normalized spacial score (nSPS) is 18.1. The third-order valence-electron chi connectivity index (χ3n) is 7.39. The van der Waals surface area contributed by atoms with Gasteiger partial charge >= 0.3 is 5.97 Å². The molecule has 6 heteroatoms. The molecule has 2 aliphatic rings. The van der Waals surface area contributed by atoms with Gasteiger partial charge < -0.3 is 19.4 Å². The van der Waals surface area contributed by atoms with Crippen LogP contribution in [-0.4, -0.2) is 67.2 Å². The first kappa shape index (κ1) is 22.4. The number of amides is 1. The number of anilines is 1. The van der Waals surface area contributed by atoms with Gasteiger partial charge in [-0.25, -0.2) is 0 Å². The van der Waals surface area contributed by atoms with E-state index in [0.717, 1.165) is 44.6 Å². The Bertz CT molecular complexity index is 1170. The maximum absolute atomic E-state index is 13.6. The van der Waals surface area contributed by atoms with E-state index in [2.05, 4.69) is 52.3 Å². The fraction of sp³-hybridized carbons (Fsp3) is 0.357. The van der Waals surface area contributed by atoms with Crippen molar-refractivity contribution in [1.29, 1.82) is 0 Å². The Morgan fingerprint density at radius 2 is 1.65 bits per heavy atom. The maximum atomic E-state index is 13.6. The van der Waals surface area contributed by atoms with Crippen molar-refractivity contribution in [3.63, 3.8) is 0 Å². The first-order valence-corrected chi connectivity index (χ1v) is 12.0. The van der Waals surface area contributed by atoms with Gasteiger partial charge in [-0.05, 0) is 47.7 Å². The molecule has 1 amide bonds. The second-order valence-corrected chi connectivity index (χ2v) is 9.25. The van der Waals surface area contributed by atoms with Gasteiger partial charge in [0.05, 0.1) is 13.8 Å². The fourth-order valence-corrected chi connectivity index (χ4v) is 5.48. The molecule has 1 spiro atoms. The standard InChI is InChI=1S/C28H31N3O3/c1-34-26(32)20-30-21-31(24-11-3-2-4-12-24)28(27(30)33)15-18-29(19-16-28)17-14-23-10-7-9-22-8-5-6-13-25(22)23/h2-13H,14-21H2,1H3. The van der Waals surface area contributed by atoms with Crippen molar-refractivity contribution >= 4 is 28.3 Å². The van der Waals surface area contributed by atoms with Crippen LogP contribution in [0, 0.1) is 0 Å². The van der Waals surface area contributed by atoms with Gasteiger partial charge in [0.15, 0.2) is 0 Å². The number of likely N-dealkylation sites (tertiary alicyclic amines) is 1. The van der Waals surface area contributed by atoms with E-state index in [1.807, 2.05) is 30.3 Å². The number of esters is 1. The molecule has 0 atom stereocenters. The van der Waals surface area contributed by atoms with Gasteiger partial charge in [0.1, 0.15) is 12.1 Å². The van der Waals surface area contributed by atoms with Crippen LogP contribution in [0.4, 0.5) is 5.69 Å². The van der Waals surface area contributed by atoms with E-state index in [-0.39, 0.29) is 18.4 Å². The molecule has 0 aliphatic carbocycles. The zero-order valence-electron chi connectivity index (χ0n) is 19.7. The van der Waals surface area contributed by atoms with Crippen LogP contribution in [-0.2, 0) is 20.7 Å². The Balaban J connectivity index is 1.30. The minimum absolute atomic E-state index is 0.00872. The lowest BCUT2D eigenvalue weighted by Gasteiger charge is -2.43. The number of ether oxygens (including phenoxy) is 1. The summed E-state index contributed by atoms with van der Waals surface area (Å²) in [5.74, 6) is -0.346. The van der Waals surface area contributed by atoms with Gasteiger partial charge in [0.2, 0.25) is 0 Å². The second-order valence-electron chi connectivity index (χ2n) is 9.25. The molecule has 2 saturated heterocycles. The summed E-state index contributed by atoms with van der Waals surface area (Å²) in [7, 11) is 1.36. The predicted molar refractivity (Wildman–Crippen MR) is 134 cm³/mol. The van der Waals surface area contributed by atoms with E-state index in [0.29, 0.717) is 6.67 Å². The number of methoxy groups -OCH3 is 1. The third-order valence-corrected chi connectivity index (χ3v) is 7.39. The van der Waals surface area contributed by atoms with Gasteiger partial charge in [0.25, 0.3) is 5.91 Å². The van der Waals surface area contributed by atoms with Crippen LogP contribution >= 0.6 is 0 Å². The Labute approximate surface area is 200 Å². The summed E-state index contributed by atoms with van der Waals surface area (Å²) in [6.07, 6.45) is 2.47. The van der Waals surface area contributed by atoms with Gasteiger partial charge in [-0.3, -0.25) is 9.59 Å². The highest BCUT2D eigenvalue weighted by atomic mass is 16.5. The lowest BCUT2D eigenvalue weighted by atomic mass is 9.85. The van der Waals surface area contributed by atoms with E-state index in [1.54, 1.807) is 4.90 Å². The highest BCUT2D eigenvalue weighted by Crippen LogP contribution is 2.39. The van der Waals surface area contributed by atoms with Crippen molar-refractivity contribution in [3.8, 4) is 0 Å². The Kier molecular flexibility index (Phi) is 6.24. The summed E-state index contributed by atoms with van der Waals surface area (Å²) < 4.78 is 4.84. The summed E-state index contributed by atoms with van der Waals surface area (Å²) in [6, 6.07) is 25.1. The topological polar surface area (TPSA) is 53.1 Å². The highest BCUT2D eigenvalue weighted by molar-refractivity contribution is 5.95. The minimum Gasteiger partial charge on any atom is -0.468 e. The molecular weight excluding hydrogens is 426 g/mol. The number of carbonyl (C=O) groups excluding carboxylic acids is 2. The van der Waals surface area contributed by atoms with Crippen LogP contribution in [0.3, 0.4) is 0 Å². The number of benzene rings is 3. The van der Waals surface area contributed by atoms with Crippen LogP contribution < -0.4 is 4.90 Å². The van der Waals surface area contributed by atoms with Crippen molar-refractivity contribution in [2.75, 3.05) is 44.9 Å².